The Labute approximate surface area is 123 Å². The summed E-state index contributed by atoms with van der Waals surface area (Å²) in [6.07, 6.45) is 5.85. The maximum Gasteiger partial charge on any atom is 0.227 e. The number of carbonyl (C=O) groups excluding carboxylic acids is 1. The summed E-state index contributed by atoms with van der Waals surface area (Å²) in [5.41, 5.74) is 1.74. The quantitative estimate of drug-likeness (QED) is 0.845. The van der Waals surface area contributed by atoms with Gasteiger partial charge >= 0.3 is 0 Å². The fraction of sp³-hybridized carbons (Fsp3) is 0.294. The monoisotopic (exact) mass is 284 g/mol. The molecule has 0 aliphatic heterocycles. The molecular weight excluding hydrogens is 267 g/mol. The largest absolute Gasteiger partial charge is 0.335 e. The lowest BCUT2D eigenvalue weighted by molar-refractivity contribution is -0.131. The van der Waals surface area contributed by atoms with Gasteiger partial charge in [-0.3, -0.25) is 9.78 Å². The van der Waals surface area contributed by atoms with Gasteiger partial charge in [0.15, 0.2) is 0 Å². The molecule has 1 aliphatic rings. The van der Waals surface area contributed by atoms with Crippen molar-refractivity contribution in [3.8, 4) is 0 Å². The SMILES string of the molecule is O=C(Cc1cccc(F)c1)N(Cc1cccnc1)C1CC1. The predicted octanol–water partition coefficient (Wildman–Crippen LogP) is 2.95. The highest BCUT2D eigenvalue weighted by Gasteiger charge is 2.32. The van der Waals surface area contributed by atoms with E-state index in [1.807, 2.05) is 17.0 Å². The van der Waals surface area contributed by atoms with Crippen LogP contribution in [0.25, 0.3) is 0 Å². The zero-order valence-electron chi connectivity index (χ0n) is 11.7. The van der Waals surface area contributed by atoms with Gasteiger partial charge in [-0.2, -0.15) is 0 Å². The molecule has 1 heterocycles. The molecule has 3 nitrogen and oxygen atoms in total. The van der Waals surface area contributed by atoms with Crippen LogP contribution >= 0.6 is 0 Å². The van der Waals surface area contributed by atoms with Gasteiger partial charge in [-0.25, -0.2) is 4.39 Å². The standard InChI is InChI=1S/C17H17FN2O/c18-15-5-1-3-13(9-15)10-17(21)20(16-6-7-16)12-14-4-2-8-19-11-14/h1-5,8-9,11,16H,6-7,10,12H2. The second-order valence-electron chi connectivity index (χ2n) is 5.42. The second-order valence-corrected chi connectivity index (χ2v) is 5.42. The number of nitrogens with zero attached hydrogens (tertiary/aromatic N) is 2. The van der Waals surface area contributed by atoms with Crippen molar-refractivity contribution in [3.05, 3.63) is 65.7 Å². The molecule has 0 N–H and O–H groups in total. The van der Waals surface area contributed by atoms with Crippen LogP contribution in [0.3, 0.4) is 0 Å². The van der Waals surface area contributed by atoms with Crippen molar-refractivity contribution in [3.63, 3.8) is 0 Å². The first-order chi connectivity index (χ1) is 10.2. The van der Waals surface area contributed by atoms with Crippen molar-refractivity contribution in [2.24, 2.45) is 0 Å². The number of hydrogen-bond donors (Lipinski definition) is 0. The van der Waals surface area contributed by atoms with Crippen LogP contribution in [-0.4, -0.2) is 21.8 Å². The number of benzene rings is 1. The Hall–Kier alpha value is -2.23. The molecule has 0 radical (unpaired) electrons. The number of hydrogen-bond acceptors (Lipinski definition) is 2. The summed E-state index contributed by atoms with van der Waals surface area (Å²) in [5.74, 6) is -0.252. The van der Waals surface area contributed by atoms with Crippen molar-refractivity contribution in [1.29, 1.82) is 0 Å². The summed E-state index contributed by atoms with van der Waals surface area (Å²) in [7, 11) is 0. The number of carbonyl (C=O) groups is 1. The van der Waals surface area contributed by atoms with E-state index in [0.29, 0.717) is 12.6 Å². The first kappa shape index (κ1) is 13.7. The van der Waals surface area contributed by atoms with Crippen molar-refractivity contribution in [2.75, 3.05) is 0 Å². The van der Waals surface area contributed by atoms with Crippen LogP contribution in [0.15, 0.2) is 48.8 Å². The van der Waals surface area contributed by atoms with Crippen LogP contribution in [0.4, 0.5) is 4.39 Å². The van der Waals surface area contributed by atoms with Crippen molar-refractivity contribution < 1.29 is 9.18 Å². The molecule has 2 aromatic rings. The predicted molar refractivity (Wildman–Crippen MR) is 77.9 cm³/mol. The molecule has 0 bridgehead atoms. The minimum absolute atomic E-state index is 0.0481. The number of amides is 1. The molecule has 0 atom stereocenters. The summed E-state index contributed by atoms with van der Waals surface area (Å²) < 4.78 is 13.2. The molecule has 1 saturated carbocycles. The minimum atomic E-state index is -0.300. The Balaban J connectivity index is 1.70. The zero-order chi connectivity index (χ0) is 14.7. The zero-order valence-corrected chi connectivity index (χ0v) is 11.7. The summed E-state index contributed by atoms with van der Waals surface area (Å²) >= 11 is 0. The van der Waals surface area contributed by atoms with Crippen molar-refractivity contribution in [1.82, 2.24) is 9.88 Å². The van der Waals surface area contributed by atoms with Gasteiger partial charge < -0.3 is 4.90 Å². The molecule has 1 aromatic carbocycles. The molecule has 0 spiro atoms. The fourth-order valence-corrected chi connectivity index (χ4v) is 2.42. The van der Waals surface area contributed by atoms with Crippen LogP contribution in [0.1, 0.15) is 24.0 Å². The molecule has 1 aromatic heterocycles. The van der Waals surface area contributed by atoms with E-state index in [0.717, 1.165) is 24.0 Å². The van der Waals surface area contributed by atoms with Crippen LogP contribution < -0.4 is 0 Å². The lowest BCUT2D eigenvalue weighted by Gasteiger charge is -2.22. The lowest BCUT2D eigenvalue weighted by atomic mass is 10.1. The van der Waals surface area contributed by atoms with Crippen LogP contribution in [0, 0.1) is 5.82 Å². The Morgan fingerprint density at radius 1 is 1.24 bits per heavy atom. The van der Waals surface area contributed by atoms with E-state index < -0.39 is 0 Å². The topological polar surface area (TPSA) is 33.2 Å². The summed E-state index contributed by atoms with van der Waals surface area (Å²) in [6.45, 7) is 0.576. The number of rotatable bonds is 5. The van der Waals surface area contributed by atoms with Gasteiger partial charge in [0.1, 0.15) is 5.82 Å². The van der Waals surface area contributed by atoms with Crippen LogP contribution in [0.5, 0.6) is 0 Å². The smallest absolute Gasteiger partial charge is 0.227 e. The number of aromatic nitrogens is 1. The van der Waals surface area contributed by atoms with E-state index in [2.05, 4.69) is 4.98 Å². The van der Waals surface area contributed by atoms with E-state index in [-0.39, 0.29) is 18.1 Å². The van der Waals surface area contributed by atoms with Gasteiger partial charge in [0.05, 0.1) is 6.42 Å². The third-order valence-corrected chi connectivity index (χ3v) is 3.63. The average molecular weight is 284 g/mol. The first-order valence-corrected chi connectivity index (χ1v) is 7.15. The molecule has 4 heteroatoms. The first-order valence-electron chi connectivity index (χ1n) is 7.15. The van der Waals surface area contributed by atoms with Crippen LogP contribution in [0.2, 0.25) is 0 Å². The fourth-order valence-electron chi connectivity index (χ4n) is 2.42. The van der Waals surface area contributed by atoms with Crippen molar-refractivity contribution in [2.45, 2.75) is 31.8 Å². The van der Waals surface area contributed by atoms with Crippen molar-refractivity contribution >= 4 is 5.91 Å². The molecule has 1 aliphatic carbocycles. The highest BCUT2D eigenvalue weighted by atomic mass is 19.1. The Kier molecular flexibility index (Phi) is 3.95. The lowest BCUT2D eigenvalue weighted by Crippen LogP contribution is -2.33. The third-order valence-electron chi connectivity index (χ3n) is 3.63. The van der Waals surface area contributed by atoms with Gasteiger partial charge in [-0.15, -0.1) is 0 Å². The molecule has 108 valence electrons. The minimum Gasteiger partial charge on any atom is -0.335 e. The van der Waals surface area contributed by atoms with Crippen LogP contribution in [-0.2, 0) is 17.8 Å². The van der Waals surface area contributed by atoms with Gasteiger partial charge in [0.2, 0.25) is 5.91 Å². The summed E-state index contributed by atoms with van der Waals surface area (Å²) in [5, 5.41) is 0. The molecule has 0 saturated heterocycles. The van der Waals surface area contributed by atoms with Gasteiger partial charge in [-0.1, -0.05) is 18.2 Å². The van der Waals surface area contributed by atoms with E-state index in [1.165, 1.54) is 12.1 Å². The molecular formula is C17H17FN2O. The molecule has 1 amide bonds. The molecule has 3 rings (SSSR count). The van der Waals surface area contributed by atoms with Gasteiger partial charge in [0, 0.05) is 25.0 Å². The molecule has 0 unspecified atom stereocenters. The average Bonchev–Trinajstić information content (AvgIpc) is 3.30. The van der Waals surface area contributed by atoms with Gasteiger partial charge in [-0.05, 0) is 42.2 Å². The third kappa shape index (κ3) is 3.66. The summed E-state index contributed by atoms with van der Waals surface area (Å²) in [6, 6.07) is 10.4. The summed E-state index contributed by atoms with van der Waals surface area (Å²) in [4.78, 5) is 18.5. The number of pyridine rings is 1. The highest BCUT2D eigenvalue weighted by molar-refractivity contribution is 5.79. The Morgan fingerprint density at radius 3 is 2.71 bits per heavy atom. The van der Waals surface area contributed by atoms with E-state index in [1.54, 1.807) is 24.5 Å². The maximum absolute atomic E-state index is 13.2. The highest BCUT2D eigenvalue weighted by Crippen LogP contribution is 2.29. The van der Waals surface area contributed by atoms with E-state index in [4.69, 9.17) is 0 Å². The Morgan fingerprint density at radius 2 is 2.05 bits per heavy atom. The maximum atomic E-state index is 13.2. The normalized spacial score (nSPS) is 14.0. The molecule has 21 heavy (non-hydrogen) atoms. The molecule has 1 fully saturated rings. The van der Waals surface area contributed by atoms with E-state index in [9.17, 15) is 9.18 Å². The number of halogens is 1. The Bertz CT molecular complexity index is 626. The second kappa shape index (κ2) is 6.04. The van der Waals surface area contributed by atoms with Gasteiger partial charge in [0.25, 0.3) is 0 Å². The van der Waals surface area contributed by atoms with E-state index >= 15 is 0 Å².